The maximum absolute atomic E-state index is 6.05. The molecule has 0 atom stereocenters. The van der Waals surface area contributed by atoms with Crippen LogP contribution in [0.5, 0.6) is 0 Å². The van der Waals surface area contributed by atoms with Crippen molar-refractivity contribution in [3.8, 4) is 0 Å². The number of nitrogens with zero attached hydrogens (tertiary/aromatic N) is 2. The van der Waals surface area contributed by atoms with Crippen molar-refractivity contribution >= 4 is 34.0 Å². The highest BCUT2D eigenvalue weighted by Gasteiger charge is 2.23. The maximum Gasteiger partial charge on any atom is 0.239 e. The van der Waals surface area contributed by atoms with Gasteiger partial charge in [-0.1, -0.05) is 30.3 Å². The maximum atomic E-state index is 6.05. The topological polar surface area (TPSA) is 19.4 Å². The fraction of sp³-hybridized carbons (Fsp3) is 0.188. The summed E-state index contributed by atoms with van der Waals surface area (Å²) in [5.41, 5.74) is 3.09. The highest BCUT2D eigenvalue weighted by Crippen LogP contribution is 2.34. The third-order valence-corrected chi connectivity index (χ3v) is 3.72. The summed E-state index contributed by atoms with van der Waals surface area (Å²) in [6, 6.07) is 14.6. The molecule has 19 heavy (non-hydrogen) atoms. The zero-order valence-electron chi connectivity index (χ0n) is 10.8. The zero-order chi connectivity index (χ0) is 12.8. The van der Waals surface area contributed by atoms with Crippen LogP contribution in [0.1, 0.15) is 0 Å². The summed E-state index contributed by atoms with van der Waals surface area (Å²) < 4.78 is 8.25. The summed E-state index contributed by atoms with van der Waals surface area (Å²) in [5, 5.41) is 2.38. The van der Waals surface area contributed by atoms with E-state index in [1.165, 1.54) is 10.8 Å². The largest absolute Gasteiger partial charge is 0.452 e. The van der Waals surface area contributed by atoms with Gasteiger partial charge in [-0.3, -0.25) is 4.58 Å². The fourth-order valence-electron chi connectivity index (χ4n) is 2.76. The molecule has 3 heteroatoms. The van der Waals surface area contributed by atoms with Gasteiger partial charge in [-0.2, -0.15) is 0 Å². The Balaban J connectivity index is 2.01. The molecule has 0 spiro atoms. The van der Waals surface area contributed by atoms with Crippen molar-refractivity contribution in [3.63, 3.8) is 0 Å². The van der Waals surface area contributed by atoms with Crippen molar-refractivity contribution < 1.29 is 8.99 Å². The van der Waals surface area contributed by atoms with Gasteiger partial charge in [-0.15, -0.1) is 0 Å². The summed E-state index contributed by atoms with van der Waals surface area (Å²) in [5.74, 6) is 0. The van der Waals surface area contributed by atoms with Crippen LogP contribution in [0.15, 0.2) is 46.9 Å². The van der Waals surface area contributed by atoms with Gasteiger partial charge in [0.1, 0.15) is 18.7 Å². The van der Waals surface area contributed by atoms with E-state index < -0.39 is 0 Å². The van der Waals surface area contributed by atoms with Crippen molar-refractivity contribution in [2.24, 2.45) is 0 Å². The lowest BCUT2D eigenvalue weighted by Crippen LogP contribution is -2.18. The predicted octanol–water partition coefficient (Wildman–Crippen LogP) is 3.08. The molecule has 94 valence electrons. The van der Waals surface area contributed by atoms with Gasteiger partial charge in [0.2, 0.25) is 6.34 Å². The summed E-state index contributed by atoms with van der Waals surface area (Å²) >= 11 is 0. The van der Waals surface area contributed by atoms with E-state index in [4.69, 9.17) is 4.42 Å². The number of para-hydroxylation sites is 2. The van der Waals surface area contributed by atoms with Gasteiger partial charge in [0.15, 0.2) is 11.3 Å². The summed E-state index contributed by atoms with van der Waals surface area (Å²) in [7, 11) is 2.10. The van der Waals surface area contributed by atoms with Gasteiger partial charge in [0.05, 0.1) is 7.05 Å². The first-order valence-corrected chi connectivity index (χ1v) is 6.55. The molecule has 0 radical (unpaired) electrons. The molecule has 0 bridgehead atoms. The van der Waals surface area contributed by atoms with Gasteiger partial charge in [0.25, 0.3) is 0 Å². The Labute approximate surface area is 111 Å². The van der Waals surface area contributed by atoms with E-state index >= 15 is 0 Å². The van der Waals surface area contributed by atoms with E-state index in [-0.39, 0.29) is 0 Å². The van der Waals surface area contributed by atoms with Crippen molar-refractivity contribution in [1.29, 1.82) is 0 Å². The van der Waals surface area contributed by atoms with E-state index in [1.54, 1.807) is 0 Å². The van der Waals surface area contributed by atoms with Crippen LogP contribution in [0, 0.1) is 0 Å². The van der Waals surface area contributed by atoms with Crippen LogP contribution in [0.3, 0.4) is 0 Å². The first kappa shape index (κ1) is 10.6. The Morgan fingerprint density at radius 2 is 1.89 bits per heavy atom. The molecule has 4 rings (SSSR count). The highest BCUT2D eigenvalue weighted by molar-refractivity contribution is 6.10. The minimum absolute atomic E-state index is 0.956. The molecule has 0 saturated carbocycles. The molecule has 0 N–H and O–H groups in total. The molecule has 0 aliphatic carbocycles. The van der Waals surface area contributed by atoms with Crippen LogP contribution in [-0.2, 0) is 0 Å². The van der Waals surface area contributed by atoms with E-state index in [9.17, 15) is 0 Å². The molecule has 0 amide bonds. The lowest BCUT2D eigenvalue weighted by Gasteiger charge is -2.06. The van der Waals surface area contributed by atoms with Crippen LogP contribution in [0.2, 0.25) is 0 Å². The van der Waals surface area contributed by atoms with Crippen LogP contribution in [0.25, 0.3) is 21.9 Å². The monoisotopic (exact) mass is 251 g/mol. The molecule has 2 aromatic carbocycles. The summed E-state index contributed by atoms with van der Waals surface area (Å²) in [6.07, 6.45) is 2.14. The van der Waals surface area contributed by atoms with Crippen molar-refractivity contribution in [3.05, 3.63) is 42.5 Å². The Hall–Kier alpha value is -2.29. The third kappa shape index (κ3) is 1.55. The van der Waals surface area contributed by atoms with Gasteiger partial charge in [-0.05, 0) is 12.1 Å². The van der Waals surface area contributed by atoms with E-state index in [1.807, 2.05) is 12.1 Å². The predicted molar refractivity (Wildman–Crippen MR) is 78.2 cm³/mol. The standard InChI is InChI=1S/C16H15N2O/c1-17-9-10-18(11-17)14-7-4-6-13-12-5-2-3-8-15(12)19-16(13)14/h2-8,11H,9-10H2,1H3/q+1. The van der Waals surface area contributed by atoms with Gasteiger partial charge in [0, 0.05) is 10.8 Å². The second kappa shape index (κ2) is 3.85. The first-order valence-electron chi connectivity index (χ1n) is 6.55. The van der Waals surface area contributed by atoms with E-state index in [2.05, 4.69) is 53.2 Å². The Kier molecular flexibility index (Phi) is 2.15. The van der Waals surface area contributed by atoms with Crippen LogP contribution < -0.4 is 4.90 Å². The Morgan fingerprint density at radius 3 is 2.74 bits per heavy atom. The number of benzene rings is 2. The molecule has 0 fully saturated rings. The number of fused-ring (bicyclic) bond motifs is 3. The van der Waals surface area contributed by atoms with Crippen molar-refractivity contribution in [1.82, 2.24) is 0 Å². The van der Waals surface area contributed by atoms with Crippen LogP contribution in [0.4, 0.5) is 5.69 Å². The molecule has 1 aromatic heterocycles. The molecule has 1 aliphatic heterocycles. The quantitative estimate of drug-likeness (QED) is 0.619. The number of likely N-dealkylation sites (N-methyl/N-ethyl adjacent to an activating group) is 1. The normalized spacial score (nSPS) is 15.4. The highest BCUT2D eigenvalue weighted by atomic mass is 16.3. The second-order valence-corrected chi connectivity index (χ2v) is 5.04. The van der Waals surface area contributed by atoms with E-state index in [0.717, 1.165) is 29.9 Å². The molecule has 3 aromatic rings. The van der Waals surface area contributed by atoms with Crippen LogP contribution in [-0.4, -0.2) is 31.1 Å². The lowest BCUT2D eigenvalue weighted by molar-refractivity contribution is -0.481. The average molecular weight is 251 g/mol. The number of hydrogen-bond acceptors (Lipinski definition) is 2. The van der Waals surface area contributed by atoms with Crippen molar-refractivity contribution in [2.45, 2.75) is 0 Å². The SMILES string of the molecule is C[N+]1=CN(c2cccc3c2oc2ccccc23)CC1. The minimum atomic E-state index is 0.956. The number of hydrogen-bond donors (Lipinski definition) is 0. The van der Waals surface area contributed by atoms with Crippen LogP contribution >= 0.6 is 0 Å². The molecule has 2 heterocycles. The summed E-state index contributed by atoms with van der Waals surface area (Å²) in [6.45, 7) is 2.06. The molecular weight excluding hydrogens is 236 g/mol. The molecule has 1 aliphatic rings. The third-order valence-electron chi connectivity index (χ3n) is 3.72. The number of furan rings is 1. The molecule has 3 nitrogen and oxygen atoms in total. The molecular formula is C16H15N2O+. The molecule has 0 unspecified atom stereocenters. The smallest absolute Gasteiger partial charge is 0.239 e. The first-order chi connectivity index (χ1) is 9.33. The fourth-order valence-corrected chi connectivity index (χ4v) is 2.76. The summed E-state index contributed by atoms with van der Waals surface area (Å²) in [4.78, 5) is 2.25. The average Bonchev–Trinajstić information content (AvgIpc) is 3.02. The second-order valence-electron chi connectivity index (χ2n) is 5.04. The minimum Gasteiger partial charge on any atom is -0.452 e. The molecule has 0 saturated heterocycles. The lowest BCUT2D eigenvalue weighted by atomic mass is 10.1. The van der Waals surface area contributed by atoms with Gasteiger partial charge >= 0.3 is 0 Å². The van der Waals surface area contributed by atoms with E-state index in [0.29, 0.717) is 0 Å². The Morgan fingerprint density at radius 1 is 1.05 bits per heavy atom. The Bertz CT molecular complexity index is 801. The number of rotatable bonds is 1. The van der Waals surface area contributed by atoms with Gasteiger partial charge < -0.3 is 4.42 Å². The van der Waals surface area contributed by atoms with Crippen molar-refractivity contribution in [2.75, 3.05) is 25.0 Å². The van der Waals surface area contributed by atoms with Gasteiger partial charge in [-0.25, -0.2) is 4.90 Å². The number of anilines is 1. The zero-order valence-corrected chi connectivity index (χ0v) is 10.8.